The number of para-hydroxylation sites is 1. The summed E-state index contributed by atoms with van der Waals surface area (Å²) >= 11 is 0. The van der Waals surface area contributed by atoms with Crippen molar-refractivity contribution in [1.82, 2.24) is 24.0 Å². The van der Waals surface area contributed by atoms with Crippen LogP contribution in [-0.4, -0.2) is 80.7 Å². The molecule has 4 fully saturated rings. The molecule has 1 aromatic carbocycles. The fraction of sp³-hybridized carbons (Fsp3) is 0.528. The van der Waals surface area contributed by atoms with Gasteiger partial charge in [0.1, 0.15) is 11.8 Å². The molecule has 3 saturated heterocycles. The van der Waals surface area contributed by atoms with E-state index >= 15 is 0 Å². The summed E-state index contributed by atoms with van der Waals surface area (Å²) in [6.45, 7) is 6.75. The summed E-state index contributed by atoms with van der Waals surface area (Å²) in [5.41, 5.74) is 13.8. The van der Waals surface area contributed by atoms with E-state index in [2.05, 4.69) is 35.8 Å². The Labute approximate surface area is 264 Å². The van der Waals surface area contributed by atoms with Crippen molar-refractivity contribution in [1.29, 1.82) is 0 Å². The molecule has 0 radical (unpaired) electrons. The first-order chi connectivity index (χ1) is 21.9. The second kappa shape index (κ2) is 11.6. The first-order valence-electron chi connectivity index (χ1n) is 17.0. The predicted molar refractivity (Wildman–Crippen MR) is 174 cm³/mol. The Bertz CT molecular complexity index is 1760. The molecule has 1 saturated carbocycles. The van der Waals surface area contributed by atoms with Crippen molar-refractivity contribution >= 4 is 28.2 Å². The molecule has 2 atom stereocenters. The third-order valence-electron chi connectivity index (χ3n) is 10.7. The van der Waals surface area contributed by atoms with Gasteiger partial charge in [-0.1, -0.05) is 18.2 Å². The summed E-state index contributed by atoms with van der Waals surface area (Å²) < 4.78 is 10.1. The fourth-order valence-corrected chi connectivity index (χ4v) is 7.93. The number of nitrogens with zero attached hydrogens (tertiary/aromatic N) is 5. The van der Waals surface area contributed by atoms with E-state index < -0.39 is 0 Å². The molecule has 9 heteroatoms. The van der Waals surface area contributed by atoms with E-state index in [4.69, 9.17) is 15.6 Å². The number of ether oxygens (including phenoxy) is 1. The zero-order valence-corrected chi connectivity index (χ0v) is 26.3. The summed E-state index contributed by atoms with van der Waals surface area (Å²) in [7, 11) is 0. The number of pyridine rings is 1. The van der Waals surface area contributed by atoms with Gasteiger partial charge in [-0.05, 0) is 93.9 Å². The number of nitrogens with two attached hydrogens (primary N) is 1. The van der Waals surface area contributed by atoms with Gasteiger partial charge in [-0.3, -0.25) is 9.59 Å². The SMILES string of the molecule is Cc1c(-c2cc3cccc(C4CCN(C(=O)C5CCCO5)CC4)c3n2CC2CC2)nn2cc(C(=O)N3CCCC(N)C3)ccc12. The molecule has 0 bridgehead atoms. The number of piperidine rings is 2. The maximum Gasteiger partial charge on any atom is 0.255 e. The van der Waals surface area contributed by atoms with Crippen molar-refractivity contribution in [3.8, 4) is 11.4 Å². The Morgan fingerprint density at radius 3 is 2.58 bits per heavy atom. The minimum atomic E-state index is -0.241. The number of hydrogen-bond acceptors (Lipinski definition) is 5. The third kappa shape index (κ3) is 5.33. The van der Waals surface area contributed by atoms with Gasteiger partial charge in [-0.2, -0.15) is 5.10 Å². The highest BCUT2D eigenvalue weighted by Crippen LogP contribution is 2.41. The van der Waals surface area contributed by atoms with Crippen molar-refractivity contribution < 1.29 is 14.3 Å². The van der Waals surface area contributed by atoms with Crippen LogP contribution >= 0.6 is 0 Å². The lowest BCUT2D eigenvalue weighted by Crippen LogP contribution is -2.45. The van der Waals surface area contributed by atoms with Gasteiger partial charge in [0.15, 0.2) is 0 Å². The van der Waals surface area contributed by atoms with Crippen molar-refractivity contribution in [2.24, 2.45) is 11.7 Å². The number of fused-ring (bicyclic) bond motifs is 2. The fourth-order valence-electron chi connectivity index (χ4n) is 7.93. The Balaban J connectivity index is 1.12. The van der Waals surface area contributed by atoms with E-state index in [1.54, 1.807) is 0 Å². The summed E-state index contributed by atoms with van der Waals surface area (Å²) in [5.74, 6) is 1.30. The highest BCUT2D eigenvalue weighted by Gasteiger charge is 2.33. The van der Waals surface area contributed by atoms with Crippen LogP contribution in [0, 0.1) is 12.8 Å². The van der Waals surface area contributed by atoms with Crippen molar-refractivity contribution in [3.63, 3.8) is 0 Å². The molecule has 2 unspecified atom stereocenters. The van der Waals surface area contributed by atoms with E-state index in [0.29, 0.717) is 30.6 Å². The molecule has 236 valence electrons. The monoisotopic (exact) mass is 608 g/mol. The predicted octanol–water partition coefficient (Wildman–Crippen LogP) is 5.12. The van der Waals surface area contributed by atoms with Crippen LogP contribution in [0.25, 0.3) is 27.8 Å². The van der Waals surface area contributed by atoms with Gasteiger partial charge in [0, 0.05) is 62.5 Å². The molecule has 2 amide bonds. The number of carbonyl (C=O) groups is 2. The third-order valence-corrected chi connectivity index (χ3v) is 10.7. The average molecular weight is 609 g/mol. The van der Waals surface area contributed by atoms with Crippen LogP contribution in [0.3, 0.4) is 0 Å². The lowest BCUT2D eigenvalue weighted by molar-refractivity contribution is -0.142. The number of benzene rings is 1. The number of carbonyl (C=O) groups excluding carboxylic acids is 2. The maximum absolute atomic E-state index is 13.4. The van der Waals surface area contributed by atoms with Gasteiger partial charge in [0.2, 0.25) is 0 Å². The van der Waals surface area contributed by atoms with Gasteiger partial charge >= 0.3 is 0 Å². The molecule has 3 aliphatic heterocycles. The quantitative estimate of drug-likeness (QED) is 0.328. The van der Waals surface area contributed by atoms with Crippen LogP contribution < -0.4 is 5.73 Å². The summed E-state index contributed by atoms with van der Waals surface area (Å²) in [5, 5.41) is 6.37. The smallest absolute Gasteiger partial charge is 0.255 e. The number of amides is 2. The molecule has 1 aliphatic carbocycles. The van der Waals surface area contributed by atoms with E-state index in [-0.39, 0.29) is 24.0 Å². The Morgan fingerprint density at radius 2 is 1.82 bits per heavy atom. The molecule has 6 heterocycles. The minimum Gasteiger partial charge on any atom is -0.368 e. The number of aryl methyl sites for hydroxylation is 1. The molecular formula is C36H44N6O3. The Hall–Kier alpha value is -3.69. The van der Waals surface area contributed by atoms with E-state index in [9.17, 15) is 9.59 Å². The Morgan fingerprint density at radius 1 is 0.978 bits per heavy atom. The number of hydrogen-bond donors (Lipinski definition) is 1. The average Bonchev–Trinajstić information content (AvgIpc) is 3.42. The molecule has 2 N–H and O–H groups in total. The van der Waals surface area contributed by atoms with Crippen LogP contribution in [0.2, 0.25) is 0 Å². The maximum atomic E-state index is 13.4. The highest BCUT2D eigenvalue weighted by atomic mass is 16.5. The van der Waals surface area contributed by atoms with Gasteiger partial charge in [-0.15, -0.1) is 0 Å². The van der Waals surface area contributed by atoms with Crippen LogP contribution in [0.4, 0.5) is 0 Å². The van der Waals surface area contributed by atoms with Crippen LogP contribution in [-0.2, 0) is 16.1 Å². The molecule has 3 aromatic heterocycles. The van der Waals surface area contributed by atoms with Crippen LogP contribution in [0.1, 0.15) is 78.8 Å². The second-order valence-electron chi connectivity index (χ2n) is 13.8. The standard InChI is InChI=1S/C36H44N6O3/c1-23-30-12-11-27(35(43)40-15-3-6-28(37)22-40)21-42(30)38-33(23)31-19-26-5-2-7-29(34(26)41(31)20-24-9-10-24)25-13-16-39(17-14-25)36(44)32-8-4-18-45-32/h2,5,7,11-12,19,21,24-25,28,32H,3-4,6,8-10,13-18,20,22,37H2,1H3. The largest absolute Gasteiger partial charge is 0.368 e. The number of rotatable bonds is 6. The van der Waals surface area contributed by atoms with Crippen molar-refractivity contribution in [2.75, 3.05) is 32.8 Å². The van der Waals surface area contributed by atoms with Crippen LogP contribution in [0.15, 0.2) is 42.6 Å². The van der Waals surface area contributed by atoms with Gasteiger partial charge in [0.25, 0.3) is 11.8 Å². The van der Waals surface area contributed by atoms with Gasteiger partial charge in [0.05, 0.1) is 22.3 Å². The first-order valence-corrected chi connectivity index (χ1v) is 17.0. The summed E-state index contributed by atoms with van der Waals surface area (Å²) in [6.07, 6.45) is 9.85. The van der Waals surface area contributed by atoms with E-state index in [0.717, 1.165) is 87.2 Å². The lowest BCUT2D eigenvalue weighted by Gasteiger charge is -2.34. The minimum absolute atomic E-state index is 0.0257. The van der Waals surface area contributed by atoms with Gasteiger partial charge in [-0.25, -0.2) is 4.52 Å². The topological polar surface area (TPSA) is 98.1 Å². The number of likely N-dealkylation sites (tertiary alicyclic amines) is 2. The molecular weight excluding hydrogens is 564 g/mol. The molecule has 0 spiro atoms. The number of aromatic nitrogens is 3. The van der Waals surface area contributed by atoms with Crippen molar-refractivity contribution in [2.45, 2.75) is 82.9 Å². The molecule has 4 aliphatic rings. The molecule has 9 nitrogen and oxygen atoms in total. The Kier molecular flexibility index (Phi) is 7.41. The molecule has 4 aromatic rings. The highest BCUT2D eigenvalue weighted by molar-refractivity contribution is 5.95. The van der Waals surface area contributed by atoms with Crippen molar-refractivity contribution in [3.05, 3.63) is 59.3 Å². The zero-order valence-electron chi connectivity index (χ0n) is 26.3. The van der Waals surface area contributed by atoms with E-state index in [1.165, 1.54) is 29.3 Å². The van der Waals surface area contributed by atoms with Crippen LogP contribution in [0.5, 0.6) is 0 Å². The molecule has 8 rings (SSSR count). The second-order valence-corrected chi connectivity index (χ2v) is 13.8. The zero-order chi connectivity index (χ0) is 30.7. The first kappa shape index (κ1) is 28.8. The van der Waals surface area contributed by atoms with E-state index in [1.807, 2.05) is 32.6 Å². The van der Waals surface area contributed by atoms with Gasteiger partial charge < -0.3 is 24.8 Å². The lowest BCUT2D eigenvalue weighted by atomic mass is 9.88. The summed E-state index contributed by atoms with van der Waals surface area (Å²) in [6, 6.07) is 13.1. The molecule has 45 heavy (non-hydrogen) atoms. The summed E-state index contributed by atoms with van der Waals surface area (Å²) in [4.78, 5) is 30.3. The normalized spacial score (nSPS) is 23.0.